The predicted molar refractivity (Wildman–Crippen MR) is 58.1 cm³/mol. The van der Waals surface area contributed by atoms with Crippen LogP contribution >= 0.6 is 15.9 Å². The fraction of sp³-hybridized carbons (Fsp3) is 1.00. The summed E-state index contributed by atoms with van der Waals surface area (Å²) in [5.41, 5.74) is 0. The van der Waals surface area contributed by atoms with Gasteiger partial charge in [0.2, 0.25) is 0 Å². The molecule has 0 aromatic heterocycles. The van der Waals surface area contributed by atoms with E-state index in [2.05, 4.69) is 20.8 Å². The first-order valence-electron chi connectivity index (χ1n) is 4.55. The minimum atomic E-state index is -2.74. The Kier molecular flexibility index (Phi) is 4.19. The minimum absolute atomic E-state index is 0.192. The van der Waals surface area contributed by atoms with Crippen LogP contribution < -0.4 is 0 Å². The number of rotatable bonds is 3. The van der Waals surface area contributed by atoms with Crippen LogP contribution in [0.5, 0.6) is 0 Å². The molecule has 1 rings (SSSR count). The van der Waals surface area contributed by atoms with Gasteiger partial charge in [-0.15, -0.1) is 0 Å². The highest BCUT2D eigenvalue weighted by Gasteiger charge is 2.27. The lowest BCUT2D eigenvalue weighted by molar-refractivity contribution is 0.228. The number of hydrogen-bond acceptors (Lipinski definition) is 3. The molecule has 0 amide bonds. The fourth-order valence-electron chi connectivity index (χ4n) is 1.63. The third kappa shape index (κ3) is 3.56. The highest BCUT2D eigenvalue weighted by molar-refractivity contribution is 9.09. The Morgan fingerprint density at radius 3 is 2.77 bits per heavy atom. The predicted octanol–water partition coefficient (Wildman–Crippen LogP) is 0.890. The van der Waals surface area contributed by atoms with Crippen molar-refractivity contribution in [1.82, 2.24) is 4.90 Å². The second-order valence-electron chi connectivity index (χ2n) is 3.54. The summed E-state index contributed by atoms with van der Waals surface area (Å²) in [6.45, 7) is 3.70. The average molecular weight is 270 g/mol. The smallest absolute Gasteiger partial charge is 0.153 e. The van der Waals surface area contributed by atoms with Crippen molar-refractivity contribution < 1.29 is 8.42 Å². The van der Waals surface area contributed by atoms with E-state index in [1.807, 2.05) is 6.92 Å². The van der Waals surface area contributed by atoms with Gasteiger partial charge in [0, 0.05) is 17.9 Å². The molecule has 3 nitrogen and oxygen atoms in total. The van der Waals surface area contributed by atoms with Gasteiger partial charge < -0.3 is 0 Å². The van der Waals surface area contributed by atoms with E-state index < -0.39 is 9.84 Å². The molecule has 1 unspecified atom stereocenters. The Balaban J connectivity index is 2.44. The largest absolute Gasteiger partial charge is 0.299 e. The van der Waals surface area contributed by atoms with Gasteiger partial charge in [-0.1, -0.05) is 15.9 Å². The van der Waals surface area contributed by atoms with Crippen LogP contribution in [-0.2, 0) is 9.84 Å². The van der Waals surface area contributed by atoms with Crippen LogP contribution in [0, 0.1) is 0 Å². The quantitative estimate of drug-likeness (QED) is 0.715. The van der Waals surface area contributed by atoms with Crippen molar-refractivity contribution >= 4 is 25.8 Å². The molecule has 0 aliphatic carbocycles. The van der Waals surface area contributed by atoms with Gasteiger partial charge >= 0.3 is 0 Å². The molecule has 0 bridgehead atoms. The Labute approximate surface area is 88.5 Å². The highest BCUT2D eigenvalue weighted by Crippen LogP contribution is 2.11. The molecule has 1 atom stereocenters. The molecule has 1 heterocycles. The summed E-state index contributed by atoms with van der Waals surface area (Å²) in [5, 5.41) is 0.989. The number of hydrogen-bond donors (Lipinski definition) is 0. The summed E-state index contributed by atoms with van der Waals surface area (Å²) >= 11 is 3.37. The van der Waals surface area contributed by atoms with Crippen molar-refractivity contribution in [3.63, 3.8) is 0 Å². The summed E-state index contributed by atoms with van der Waals surface area (Å²) in [5.74, 6) is 0.662. The van der Waals surface area contributed by atoms with Gasteiger partial charge in [-0.25, -0.2) is 8.42 Å². The lowest BCUT2D eigenvalue weighted by Crippen LogP contribution is -2.47. The second-order valence-corrected chi connectivity index (χ2v) is 6.56. The molecule has 0 radical (unpaired) electrons. The van der Waals surface area contributed by atoms with Crippen LogP contribution in [0.4, 0.5) is 0 Å². The van der Waals surface area contributed by atoms with E-state index in [1.165, 1.54) is 0 Å². The van der Waals surface area contributed by atoms with E-state index in [9.17, 15) is 8.42 Å². The Bertz CT molecular complexity index is 253. The van der Waals surface area contributed by atoms with Crippen molar-refractivity contribution in [3.05, 3.63) is 0 Å². The molecule has 5 heteroatoms. The molecule has 0 spiro atoms. The Hall–Kier alpha value is 0.390. The van der Waals surface area contributed by atoms with E-state index in [0.717, 1.165) is 18.3 Å². The maximum Gasteiger partial charge on any atom is 0.153 e. The van der Waals surface area contributed by atoms with Crippen molar-refractivity contribution in [2.75, 3.05) is 29.9 Å². The molecular formula is C8H16BrNO2S. The molecule has 78 valence electrons. The molecule has 0 aromatic carbocycles. The Morgan fingerprint density at radius 1 is 1.54 bits per heavy atom. The molecule has 13 heavy (non-hydrogen) atoms. The standard InChI is InChI=1S/C8H16BrNO2S/c1-8-7-13(11,12)6-5-10(8)4-2-3-9/h8H,2-7H2,1H3. The van der Waals surface area contributed by atoms with Gasteiger partial charge in [0.25, 0.3) is 0 Å². The summed E-state index contributed by atoms with van der Waals surface area (Å²) in [7, 11) is -2.74. The van der Waals surface area contributed by atoms with E-state index in [1.54, 1.807) is 0 Å². The van der Waals surface area contributed by atoms with E-state index >= 15 is 0 Å². The molecule has 1 aliphatic heterocycles. The van der Waals surface area contributed by atoms with Crippen molar-refractivity contribution in [2.24, 2.45) is 0 Å². The third-order valence-electron chi connectivity index (χ3n) is 2.39. The number of halogens is 1. The van der Waals surface area contributed by atoms with Crippen LogP contribution in [0.3, 0.4) is 0 Å². The molecule has 0 saturated carbocycles. The summed E-state index contributed by atoms with van der Waals surface area (Å²) < 4.78 is 22.5. The van der Waals surface area contributed by atoms with Gasteiger partial charge in [0.15, 0.2) is 9.84 Å². The van der Waals surface area contributed by atoms with Crippen LogP contribution in [0.15, 0.2) is 0 Å². The van der Waals surface area contributed by atoms with E-state index in [0.29, 0.717) is 18.1 Å². The molecule has 0 aromatic rings. The molecule has 1 fully saturated rings. The zero-order valence-electron chi connectivity index (χ0n) is 7.87. The van der Waals surface area contributed by atoms with Crippen LogP contribution in [0.2, 0.25) is 0 Å². The van der Waals surface area contributed by atoms with Crippen LogP contribution in [0.25, 0.3) is 0 Å². The molecule has 0 N–H and O–H groups in total. The van der Waals surface area contributed by atoms with Gasteiger partial charge in [-0.3, -0.25) is 4.90 Å². The fourth-order valence-corrected chi connectivity index (χ4v) is 3.50. The zero-order valence-corrected chi connectivity index (χ0v) is 10.3. The van der Waals surface area contributed by atoms with Crippen molar-refractivity contribution in [1.29, 1.82) is 0 Å². The maximum absolute atomic E-state index is 11.2. The zero-order chi connectivity index (χ0) is 9.90. The SMILES string of the molecule is CC1CS(=O)(=O)CCN1CCCBr. The van der Waals surface area contributed by atoms with Crippen molar-refractivity contribution in [2.45, 2.75) is 19.4 Å². The lowest BCUT2D eigenvalue weighted by atomic mass is 10.3. The second kappa shape index (κ2) is 4.75. The Morgan fingerprint density at radius 2 is 2.23 bits per heavy atom. The third-order valence-corrected chi connectivity index (χ3v) is 4.74. The average Bonchev–Trinajstić information content (AvgIpc) is 2.02. The van der Waals surface area contributed by atoms with Gasteiger partial charge in [-0.2, -0.15) is 0 Å². The summed E-state index contributed by atoms with van der Waals surface area (Å²) in [6.07, 6.45) is 1.09. The van der Waals surface area contributed by atoms with Crippen molar-refractivity contribution in [3.8, 4) is 0 Å². The topological polar surface area (TPSA) is 37.4 Å². The van der Waals surface area contributed by atoms with Gasteiger partial charge in [-0.05, 0) is 19.9 Å². The maximum atomic E-state index is 11.2. The monoisotopic (exact) mass is 269 g/mol. The first kappa shape index (κ1) is 11.5. The number of sulfone groups is 1. The molecule has 1 aliphatic rings. The van der Waals surface area contributed by atoms with Crippen LogP contribution in [-0.4, -0.2) is 49.3 Å². The highest BCUT2D eigenvalue weighted by atomic mass is 79.9. The minimum Gasteiger partial charge on any atom is -0.299 e. The normalized spacial score (nSPS) is 28.9. The molecule has 1 saturated heterocycles. The summed E-state index contributed by atoms with van der Waals surface area (Å²) in [4.78, 5) is 2.25. The molecular weight excluding hydrogens is 254 g/mol. The summed E-state index contributed by atoms with van der Waals surface area (Å²) in [6, 6.07) is 0.192. The van der Waals surface area contributed by atoms with E-state index in [-0.39, 0.29) is 6.04 Å². The first-order chi connectivity index (χ1) is 6.05. The van der Waals surface area contributed by atoms with E-state index in [4.69, 9.17) is 0 Å². The van der Waals surface area contributed by atoms with Gasteiger partial charge in [0.05, 0.1) is 11.5 Å². The number of alkyl halides is 1. The first-order valence-corrected chi connectivity index (χ1v) is 7.50. The lowest BCUT2D eigenvalue weighted by Gasteiger charge is -2.32. The van der Waals surface area contributed by atoms with Gasteiger partial charge in [0.1, 0.15) is 0 Å². The number of nitrogens with zero attached hydrogens (tertiary/aromatic N) is 1. The van der Waals surface area contributed by atoms with Crippen LogP contribution in [0.1, 0.15) is 13.3 Å².